The Labute approximate surface area is 153 Å². The van der Waals surface area contributed by atoms with E-state index in [1.54, 1.807) is 12.1 Å². The maximum Gasteiger partial charge on any atom is 0.416 e. The summed E-state index contributed by atoms with van der Waals surface area (Å²) < 4.78 is 39.0. The molecule has 0 aromatic heterocycles. The van der Waals surface area contributed by atoms with Gasteiger partial charge >= 0.3 is 6.18 Å². The van der Waals surface area contributed by atoms with Crippen LogP contribution in [0.1, 0.15) is 35.1 Å². The predicted octanol–water partition coefficient (Wildman–Crippen LogP) is 4.31. The number of aliphatic hydroxyl groups is 1. The summed E-state index contributed by atoms with van der Waals surface area (Å²) in [6.45, 7) is -0.280. The third-order valence-electron chi connectivity index (χ3n) is 4.53. The number of hydrogen-bond acceptors (Lipinski definition) is 2. The molecular formula is C19H17ClF3NO2. The van der Waals surface area contributed by atoms with E-state index in [4.69, 9.17) is 11.6 Å². The maximum atomic E-state index is 13.0. The van der Waals surface area contributed by atoms with Crippen molar-refractivity contribution in [3.63, 3.8) is 0 Å². The number of amides is 1. The summed E-state index contributed by atoms with van der Waals surface area (Å²) in [6.07, 6.45) is -5.37. The zero-order valence-electron chi connectivity index (χ0n) is 13.6. The van der Waals surface area contributed by atoms with Gasteiger partial charge in [0.1, 0.15) is 0 Å². The third kappa shape index (κ3) is 4.02. The van der Waals surface area contributed by atoms with E-state index in [0.717, 1.165) is 11.6 Å². The smallest absolute Gasteiger partial charge is 0.387 e. The predicted molar refractivity (Wildman–Crippen MR) is 91.7 cm³/mol. The molecular weight excluding hydrogens is 367 g/mol. The second-order valence-electron chi connectivity index (χ2n) is 6.32. The van der Waals surface area contributed by atoms with E-state index in [-0.39, 0.29) is 29.9 Å². The molecule has 3 rings (SSSR count). The van der Waals surface area contributed by atoms with Crippen LogP contribution < -0.4 is 5.32 Å². The van der Waals surface area contributed by atoms with Gasteiger partial charge in [0.05, 0.1) is 11.7 Å². The Kier molecular flexibility index (Phi) is 5.25. The van der Waals surface area contributed by atoms with Crippen LogP contribution in [-0.2, 0) is 11.0 Å². The van der Waals surface area contributed by atoms with E-state index in [1.807, 2.05) is 12.1 Å². The second-order valence-corrected chi connectivity index (χ2v) is 6.72. The summed E-state index contributed by atoms with van der Waals surface area (Å²) in [4.78, 5) is 12.2. The highest BCUT2D eigenvalue weighted by Crippen LogP contribution is 2.49. The summed E-state index contributed by atoms with van der Waals surface area (Å²) in [5.41, 5.74) is -0.266. The summed E-state index contributed by atoms with van der Waals surface area (Å²) in [6, 6.07) is 12.1. The van der Waals surface area contributed by atoms with Gasteiger partial charge in [-0.15, -0.1) is 0 Å². The lowest BCUT2D eigenvalue weighted by atomic mass is 10.0. The highest BCUT2D eigenvalue weighted by Gasteiger charge is 2.44. The molecule has 1 amide bonds. The zero-order valence-corrected chi connectivity index (χ0v) is 14.4. The topological polar surface area (TPSA) is 49.3 Å². The number of nitrogens with one attached hydrogen (secondary N) is 1. The van der Waals surface area contributed by atoms with Gasteiger partial charge in [-0.25, -0.2) is 0 Å². The SMILES string of the molecule is O=C(NC[C@H](O)c1ccccc1C(F)(F)F)[C@H]1C[C@@H]1c1ccccc1Cl. The van der Waals surface area contributed by atoms with E-state index in [9.17, 15) is 23.1 Å². The molecule has 0 unspecified atom stereocenters. The molecule has 3 atom stereocenters. The number of rotatable bonds is 5. The maximum absolute atomic E-state index is 13.0. The van der Waals surface area contributed by atoms with Gasteiger partial charge in [-0.2, -0.15) is 13.2 Å². The van der Waals surface area contributed by atoms with Crippen molar-refractivity contribution in [3.8, 4) is 0 Å². The first kappa shape index (κ1) is 18.7. The van der Waals surface area contributed by atoms with E-state index >= 15 is 0 Å². The van der Waals surface area contributed by atoms with Gasteiger partial charge in [0.25, 0.3) is 0 Å². The summed E-state index contributed by atoms with van der Waals surface area (Å²) in [5.74, 6) is -0.568. The molecule has 0 saturated heterocycles. The lowest BCUT2D eigenvalue weighted by Crippen LogP contribution is -2.30. The molecule has 1 fully saturated rings. The molecule has 1 saturated carbocycles. The van der Waals surface area contributed by atoms with Gasteiger partial charge in [0.2, 0.25) is 5.91 Å². The monoisotopic (exact) mass is 383 g/mol. The Morgan fingerprint density at radius 3 is 2.54 bits per heavy atom. The number of halogens is 4. The van der Waals surface area contributed by atoms with Crippen LogP contribution in [-0.4, -0.2) is 17.6 Å². The van der Waals surface area contributed by atoms with Gasteiger partial charge in [0.15, 0.2) is 0 Å². The molecule has 3 nitrogen and oxygen atoms in total. The van der Waals surface area contributed by atoms with Crippen LogP contribution in [0.4, 0.5) is 13.2 Å². The Balaban J connectivity index is 1.60. The minimum absolute atomic E-state index is 0.00306. The molecule has 2 N–H and O–H groups in total. The number of carbonyl (C=O) groups excluding carboxylic acids is 1. The Bertz CT molecular complexity index is 809. The first-order valence-corrected chi connectivity index (χ1v) is 8.53. The van der Waals surface area contributed by atoms with Crippen molar-refractivity contribution in [2.75, 3.05) is 6.54 Å². The van der Waals surface area contributed by atoms with Crippen molar-refractivity contribution in [1.82, 2.24) is 5.32 Å². The largest absolute Gasteiger partial charge is 0.416 e. The summed E-state index contributed by atoms with van der Waals surface area (Å²) in [5, 5.41) is 13.2. The Hall–Kier alpha value is -2.05. The van der Waals surface area contributed by atoms with Crippen molar-refractivity contribution >= 4 is 17.5 Å². The van der Waals surface area contributed by atoms with E-state index in [0.29, 0.717) is 11.4 Å². The number of benzene rings is 2. The number of carbonyl (C=O) groups is 1. The molecule has 2 aromatic carbocycles. The molecule has 26 heavy (non-hydrogen) atoms. The second kappa shape index (κ2) is 7.29. The third-order valence-corrected chi connectivity index (χ3v) is 4.87. The molecule has 7 heteroatoms. The van der Waals surface area contributed by atoms with Crippen LogP contribution in [0, 0.1) is 5.92 Å². The van der Waals surface area contributed by atoms with Crippen molar-refractivity contribution in [2.45, 2.75) is 24.6 Å². The van der Waals surface area contributed by atoms with Crippen molar-refractivity contribution in [1.29, 1.82) is 0 Å². The molecule has 0 radical (unpaired) electrons. The molecule has 2 aromatic rings. The van der Waals surface area contributed by atoms with Gasteiger partial charge < -0.3 is 10.4 Å². The fourth-order valence-corrected chi connectivity index (χ4v) is 3.36. The van der Waals surface area contributed by atoms with E-state index in [2.05, 4.69) is 5.32 Å². The first-order chi connectivity index (χ1) is 12.3. The van der Waals surface area contributed by atoms with Crippen LogP contribution in [0.25, 0.3) is 0 Å². The first-order valence-electron chi connectivity index (χ1n) is 8.15. The molecule has 0 heterocycles. The standard InChI is InChI=1S/C19H17ClF3NO2/c20-16-8-4-2-5-11(16)13-9-14(13)18(26)24-10-17(25)12-6-1-3-7-15(12)19(21,22)23/h1-8,13-14,17,25H,9-10H2,(H,24,26)/t13-,14+,17+/m1/s1. The molecule has 1 aliphatic rings. The average molecular weight is 384 g/mol. The lowest BCUT2D eigenvalue weighted by molar-refractivity contribution is -0.139. The average Bonchev–Trinajstić information content (AvgIpc) is 3.39. The quantitative estimate of drug-likeness (QED) is 0.808. The van der Waals surface area contributed by atoms with Gasteiger partial charge in [-0.1, -0.05) is 48.0 Å². The van der Waals surface area contributed by atoms with Crippen LogP contribution in [0.5, 0.6) is 0 Å². The van der Waals surface area contributed by atoms with Crippen LogP contribution in [0.15, 0.2) is 48.5 Å². The molecule has 138 valence electrons. The Morgan fingerprint density at radius 2 is 1.85 bits per heavy atom. The Morgan fingerprint density at radius 1 is 1.19 bits per heavy atom. The minimum atomic E-state index is -4.56. The fourth-order valence-electron chi connectivity index (χ4n) is 3.09. The highest BCUT2D eigenvalue weighted by molar-refractivity contribution is 6.31. The minimum Gasteiger partial charge on any atom is -0.387 e. The summed E-state index contributed by atoms with van der Waals surface area (Å²) in [7, 11) is 0. The molecule has 0 bridgehead atoms. The van der Waals surface area contributed by atoms with Gasteiger partial charge in [-0.05, 0) is 35.6 Å². The summed E-state index contributed by atoms with van der Waals surface area (Å²) >= 11 is 6.12. The number of alkyl halides is 3. The van der Waals surface area contributed by atoms with Crippen molar-refractivity contribution < 1.29 is 23.1 Å². The van der Waals surface area contributed by atoms with Crippen LogP contribution in [0.2, 0.25) is 5.02 Å². The van der Waals surface area contributed by atoms with E-state index < -0.39 is 17.8 Å². The van der Waals surface area contributed by atoms with Gasteiger partial charge in [0, 0.05) is 17.5 Å². The van der Waals surface area contributed by atoms with Crippen molar-refractivity contribution in [3.05, 3.63) is 70.2 Å². The lowest BCUT2D eigenvalue weighted by Gasteiger charge is -2.18. The number of hydrogen-bond donors (Lipinski definition) is 2. The van der Waals surface area contributed by atoms with E-state index in [1.165, 1.54) is 18.2 Å². The fraction of sp³-hybridized carbons (Fsp3) is 0.316. The van der Waals surface area contributed by atoms with Crippen molar-refractivity contribution in [2.24, 2.45) is 5.92 Å². The normalized spacial score (nSPS) is 20.5. The molecule has 1 aliphatic carbocycles. The molecule has 0 aliphatic heterocycles. The van der Waals surface area contributed by atoms with Crippen LogP contribution in [0.3, 0.4) is 0 Å². The molecule has 0 spiro atoms. The van der Waals surface area contributed by atoms with Gasteiger partial charge in [-0.3, -0.25) is 4.79 Å². The van der Waals surface area contributed by atoms with Crippen LogP contribution >= 0.6 is 11.6 Å². The number of aliphatic hydroxyl groups excluding tert-OH is 1. The zero-order chi connectivity index (χ0) is 18.9. The highest BCUT2D eigenvalue weighted by atomic mass is 35.5.